The number of nitrogens with zero attached hydrogens (tertiary/aromatic N) is 1. The highest BCUT2D eigenvalue weighted by atomic mass is 35.5. The molecule has 2 fully saturated rings. The Morgan fingerprint density at radius 1 is 1.10 bits per heavy atom. The number of carbonyl (C=O) groups is 1. The van der Waals surface area contributed by atoms with E-state index in [4.69, 9.17) is 20.9 Å². The number of rotatable bonds is 10. The van der Waals surface area contributed by atoms with Gasteiger partial charge in [-0.05, 0) is 56.7 Å². The third-order valence-electron chi connectivity index (χ3n) is 6.15. The number of benzene rings is 1. The van der Waals surface area contributed by atoms with Crippen molar-refractivity contribution in [1.82, 2.24) is 15.8 Å². The van der Waals surface area contributed by atoms with Gasteiger partial charge in [0.25, 0.3) is 0 Å². The van der Waals surface area contributed by atoms with Gasteiger partial charge < -0.3 is 25.2 Å². The molecule has 2 aliphatic rings. The van der Waals surface area contributed by atoms with Gasteiger partial charge in [0.05, 0.1) is 18.6 Å². The molecule has 0 spiro atoms. The van der Waals surface area contributed by atoms with Gasteiger partial charge in [0, 0.05) is 42.6 Å². The monoisotopic (exact) mass is 434 g/mol. The summed E-state index contributed by atoms with van der Waals surface area (Å²) in [6.07, 6.45) is 6.40. The van der Waals surface area contributed by atoms with Crippen LogP contribution in [-0.2, 0) is 9.53 Å². The molecule has 1 amide bonds. The molecule has 1 aliphatic carbocycles. The molecule has 1 aromatic carbocycles. The van der Waals surface area contributed by atoms with Crippen LogP contribution in [0.4, 0.5) is 5.82 Å². The Morgan fingerprint density at radius 3 is 2.70 bits per heavy atom. The van der Waals surface area contributed by atoms with Crippen molar-refractivity contribution in [3.05, 3.63) is 23.2 Å². The third kappa shape index (κ3) is 5.86. The zero-order chi connectivity index (χ0) is 20.8. The zero-order valence-electron chi connectivity index (χ0n) is 17.3. The second kappa shape index (κ2) is 10.5. The van der Waals surface area contributed by atoms with E-state index in [0.29, 0.717) is 29.0 Å². The maximum absolute atomic E-state index is 12.0. The molecule has 2 heterocycles. The lowest BCUT2D eigenvalue weighted by Gasteiger charge is -2.30. The summed E-state index contributed by atoms with van der Waals surface area (Å²) >= 11 is 5.97. The molecular weight excluding hydrogens is 404 g/mol. The SMILES string of the molecule is O=C(CC1COC1)NC1CCC(CCNCCNc2noc3cc(Cl)ccc23)CC1. The Bertz CT molecular complexity index is 831. The molecular formula is C22H31ClN4O3. The molecule has 4 rings (SSSR count). The molecule has 7 nitrogen and oxygen atoms in total. The lowest BCUT2D eigenvalue weighted by molar-refractivity contribution is -0.127. The number of nitrogens with one attached hydrogen (secondary N) is 3. The average molecular weight is 435 g/mol. The van der Waals surface area contributed by atoms with Crippen LogP contribution in [0.5, 0.6) is 0 Å². The topological polar surface area (TPSA) is 88.4 Å². The van der Waals surface area contributed by atoms with Gasteiger partial charge in [-0.3, -0.25) is 4.79 Å². The lowest BCUT2D eigenvalue weighted by Crippen LogP contribution is -2.41. The summed E-state index contributed by atoms with van der Waals surface area (Å²) in [5.74, 6) is 2.14. The molecule has 3 N–H and O–H groups in total. The van der Waals surface area contributed by atoms with Crippen molar-refractivity contribution in [3.63, 3.8) is 0 Å². The summed E-state index contributed by atoms with van der Waals surface area (Å²) in [5.41, 5.74) is 0.696. The van der Waals surface area contributed by atoms with Crippen molar-refractivity contribution in [2.45, 2.75) is 44.6 Å². The molecule has 1 saturated heterocycles. The quantitative estimate of drug-likeness (QED) is 0.495. The minimum absolute atomic E-state index is 0.198. The number of amides is 1. The summed E-state index contributed by atoms with van der Waals surface area (Å²) in [6, 6.07) is 5.90. The highest BCUT2D eigenvalue weighted by molar-refractivity contribution is 6.31. The van der Waals surface area contributed by atoms with Crippen LogP contribution in [0.2, 0.25) is 5.02 Å². The Hall–Kier alpha value is -1.83. The number of carbonyl (C=O) groups excluding carboxylic acids is 1. The fourth-order valence-corrected chi connectivity index (χ4v) is 4.45. The number of ether oxygens (including phenoxy) is 1. The van der Waals surface area contributed by atoms with Crippen LogP contribution < -0.4 is 16.0 Å². The number of fused-ring (bicyclic) bond motifs is 1. The lowest BCUT2D eigenvalue weighted by atomic mass is 9.84. The summed E-state index contributed by atoms with van der Waals surface area (Å²) in [4.78, 5) is 12.0. The van der Waals surface area contributed by atoms with Gasteiger partial charge in [-0.15, -0.1) is 0 Å². The molecule has 0 atom stereocenters. The van der Waals surface area contributed by atoms with Crippen molar-refractivity contribution in [2.24, 2.45) is 11.8 Å². The fourth-order valence-electron chi connectivity index (χ4n) is 4.29. The normalized spacial score (nSPS) is 22.0. The molecule has 1 saturated carbocycles. The van der Waals surface area contributed by atoms with Crippen LogP contribution in [0.3, 0.4) is 0 Å². The van der Waals surface area contributed by atoms with E-state index >= 15 is 0 Å². The van der Waals surface area contributed by atoms with Crippen LogP contribution in [0.25, 0.3) is 11.0 Å². The number of hydrogen-bond donors (Lipinski definition) is 3. The minimum Gasteiger partial charge on any atom is -0.381 e. The van der Waals surface area contributed by atoms with E-state index in [2.05, 4.69) is 21.1 Å². The Balaban J connectivity index is 1.05. The average Bonchev–Trinajstić information content (AvgIpc) is 3.10. The van der Waals surface area contributed by atoms with Crippen LogP contribution in [0.1, 0.15) is 38.5 Å². The van der Waals surface area contributed by atoms with Gasteiger partial charge in [-0.2, -0.15) is 0 Å². The summed E-state index contributed by atoms with van der Waals surface area (Å²) in [6.45, 7) is 4.16. The van der Waals surface area contributed by atoms with Gasteiger partial charge in [-0.1, -0.05) is 16.8 Å². The number of aromatic nitrogens is 1. The van der Waals surface area contributed by atoms with E-state index < -0.39 is 0 Å². The molecule has 0 bridgehead atoms. The summed E-state index contributed by atoms with van der Waals surface area (Å²) in [5, 5.41) is 15.7. The predicted molar refractivity (Wildman–Crippen MR) is 118 cm³/mol. The molecule has 30 heavy (non-hydrogen) atoms. The largest absolute Gasteiger partial charge is 0.381 e. The van der Waals surface area contributed by atoms with E-state index in [0.717, 1.165) is 62.8 Å². The molecule has 8 heteroatoms. The van der Waals surface area contributed by atoms with Crippen molar-refractivity contribution >= 4 is 34.3 Å². The van der Waals surface area contributed by atoms with Crippen molar-refractivity contribution in [3.8, 4) is 0 Å². The molecule has 2 aromatic rings. The first kappa shape index (κ1) is 21.4. The maximum atomic E-state index is 12.0. The Morgan fingerprint density at radius 2 is 1.93 bits per heavy atom. The number of halogens is 1. The van der Waals surface area contributed by atoms with Gasteiger partial charge >= 0.3 is 0 Å². The smallest absolute Gasteiger partial charge is 0.220 e. The fraction of sp³-hybridized carbons (Fsp3) is 0.636. The van der Waals surface area contributed by atoms with Crippen LogP contribution >= 0.6 is 11.6 Å². The second-order valence-electron chi connectivity index (χ2n) is 8.53. The first-order chi connectivity index (χ1) is 14.7. The van der Waals surface area contributed by atoms with Crippen LogP contribution in [0.15, 0.2) is 22.7 Å². The summed E-state index contributed by atoms with van der Waals surface area (Å²) in [7, 11) is 0. The number of anilines is 1. The number of hydrogen-bond acceptors (Lipinski definition) is 6. The van der Waals surface area contributed by atoms with E-state index in [9.17, 15) is 4.79 Å². The highest BCUT2D eigenvalue weighted by Gasteiger charge is 2.25. The van der Waals surface area contributed by atoms with E-state index in [1.165, 1.54) is 19.3 Å². The van der Waals surface area contributed by atoms with Crippen LogP contribution in [0, 0.1) is 11.8 Å². The molecule has 0 unspecified atom stereocenters. The standard InChI is InChI=1S/C22H31ClN4O3/c23-17-3-6-19-20(12-17)30-27-22(19)25-10-9-24-8-7-15-1-4-18(5-2-15)26-21(28)11-16-13-29-14-16/h3,6,12,15-16,18,24H,1-2,4-5,7-11,13-14H2,(H,25,27)(H,26,28). The van der Waals surface area contributed by atoms with E-state index in [-0.39, 0.29) is 5.91 Å². The third-order valence-corrected chi connectivity index (χ3v) is 6.39. The molecule has 164 valence electrons. The van der Waals surface area contributed by atoms with Crippen molar-refractivity contribution in [2.75, 3.05) is 38.2 Å². The molecule has 1 aliphatic heterocycles. The van der Waals surface area contributed by atoms with Gasteiger partial charge in [0.15, 0.2) is 11.4 Å². The van der Waals surface area contributed by atoms with Crippen molar-refractivity contribution < 1.29 is 14.1 Å². The van der Waals surface area contributed by atoms with Gasteiger partial charge in [0.1, 0.15) is 0 Å². The maximum Gasteiger partial charge on any atom is 0.220 e. The minimum atomic E-state index is 0.198. The molecule has 1 aromatic heterocycles. The second-order valence-corrected chi connectivity index (χ2v) is 8.97. The Kier molecular flexibility index (Phi) is 7.47. The zero-order valence-corrected chi connectivity index (χ0v) is 18.0. The van der Waals surface area contributed by atoms with E-state index in [1.807, 2.05) is 12.1 Å². The van der Waals surface area contributed by atoms with Gasteiger partial charge in [-0.25, -0.2) is 0 Å². The van der Waals surface area contributed by atoms with E-state index in [1.54, 1.807) is 6.07 Å². The van der Waals surface area contributed by atoms with Crippen LogP contribution in [-0.4, -0.2) is 50.0 Å². The first-order valence-electron chi connectivity index (χ1n) is 11.0. The highest BCUT2D eigenvalue weighted by Crippen LogP contribution is 2.27. The van der Waals surface area contributed by atoms with Gasteiger partial charge in [0.2, 0.25) is 5.91 Å². The Labute approximate surface area is 182 Å². The predicted octanol–water partition coefficient (Wildman–Crippen LogP) is 3.58. The first-order valence-corrected chi connectivity index (χ1v) is 11.4. The molecule has 0 radical (unpaired) electrons. The van der Waals surface area contributed by atoms with Crippen molar-refractivity contribution in [1.29, 1.82) is 0 Å². The summed E-state index contributed by atoms with van der Waals surface area (Å²) < 4.78 is 10.4.